The number of nitrogens with one attached hydrogen (secondary N) is 4. The van der Waals surface area contributed by atoms with Crippen molar-refractivity contribution in [1.29, 1.82) is 0 Å². The van der Waals surface area contributed by atoms with Crippen molar-refractivity contribution in [2.24, 2.45) is 5.73 Å². The Morgan fingerprint density at radius 3 is 2.23 bits per heavy atom. The highest BCUT2D eigenvalue weighted by atomic mass is 16.4. The molecule has 0 saturated heterocycles. The SMILES string of the molecule is NC(Cc1c[nH]c2ccccc12)C(=O)NC(Cc1ccccc1)C(=O)NCC(=O)NC(CCC(=O)O)C(=O)O. The molecule has 3 rings (SSSR count). The van der Waals surface area contributed by atoms with Crippen molar-refractivity contribution < 1.29 is 34.2 Å². The molecule has 0 aliphatic heterocycles. The van der Waals surface area contributed by atoms with E-state index in [1.54, 1.807) is 30.5 Å². The Morgan fingerprint density at radius 2 is 1.54 bits per heavy atom. The summed E-state index contributed by atoms with van der Waals surface area (Å²) in [4.78, 5) is 63.4. The van der Waals surface area contributed by atoms with E-state index in [0.717, 1.165) is 22.0 Å². The molecule has 0 aliphatic rings. The van der Waals surface area contributed by atoms with Crippen LogP contribution in [0.4, 0.5) is 0 Å². The van der Waals surface area contributed by atoms with Crippen molar-refractivity contribution >= 4 is 40.6 Å². The third kappa shape index (κ3) is 8.68. The van der Waals surface area contributed by atoms with Gasteiger partial charge >= 0.3 is 11.9 Å². The number of H-pyrrole nitrogens is 1. The Hall–Kier alpha value is -4.71. The van der Waals surface area contributed by atoms with Crippen LogP contribution in [0.5, 0.6) is 0 Å². The van der Waals surface area contributed by atoms with Gasteiger partial charge in [-0.3, -0.25) is 19.2 Å². The summed E-state index contributed by atoms with van der Waals surface area (Å²) < 4.78 is 0. The highest BCUT2D eigenvalue weighted by Crippen LogP contribution is 2.18. The summed E-state index contributed by atoms with van der Waals surface area (Å²) in [6.45, 7) is -0.571. The summed E-state index contributed by atoms with van der Waals surface area (Å²) in [5.74, 6) is -4.64. The maximum atomic E-state index is 13.0. The van der Waals surface area contributed by atoms with Crippen LogP contribution in [0.2, 0.25) is 0 Å². The molecule has 39 heavy (non-hydrogen) atoms. The van der Waals surface area contributed by atoms with Gasteiger partial charge in [0.25, 0.3) is 0 Å². The monoisotopic (exact) mass is 537 g/mol. The molecule has 0 radical (unpaired) electrons. The van der Waals surface area contributed by atoms with Gasteiger partial charge in [-0.15, -0.1) is 0 Å². The van der Waals surface area contributed by atoms with Gasteiger partial charge in [0, 0.05) is 29.9 Å². The first-order valence-corrected chi connectivity index (χ1v) is 12.3. The quantitative estimate of drug-likeness (QED) is 0.152. The number of aromatic amines is 1. The van der Waals surface area contributed by atoms with Gasteiger partial charge < -0.3 is 36.9 Å². The average Bonchev–Trinajstić information content (AvgIpc) is 3.32. The van der Waals surface area contributed by atoms with E-state index >= 15 is 0 Å². The molecule has 0 bridgehead atoms. The van der Waals surface area contributed by atoms with Crippen LogP contribution in [-0.4, -0.2) is 69.5 Å². The first kappa shape index (κ1) is 28.9. The molecule has 0 spiro atoms. The number of carbonyl (C=O) groups is 5. The lowest BCUT2D eigenvalue weighted by molar-refractivity contribution is -0.143. The number of rotatable bonds is 14. The summed E-state index contributed by atoms with van der Waals surface area (Å²) >= 11 is 0. The van der Waals surface area contributed by atoms with Crippen LogP contribution >= 0.6 is 0 Å². The Balaban J connectivity index is 1.63. The van der Waals surface area contributed by atoms with E-state index in [1.165, 1.54) is 0 Å². The Labute approximate surface area is 224 Å². The number of hydrogen-bond donors (Lipinski definition) is 7. The Bertz CT molecular complexity index is 1320. The molecule has 12 heteroatoms. The van der Waals surface area contributed by atoms with Gasteiger partial charge in [0.1, 0.15) is 12.1 Å². The minimum Gasteiger partial charge on any atom is -0.481 e. The number of carbonyl (C=O) groups excluding carboxylic acids is 3. The molecule has 2 aromatic carbocycles. The fourth-order valence-corrected chi connectivity index (χ4v) is 4.03. The van der Waals surface area contributed by atoms with E-state index in [4.69, 9.17) is 10.8 Å². The molecule has 3 amide bonds. The smallest absolute Gasteiger partial charge is 0.326 e. The highest BCUT2D eigenvalue weighted by Gasteiger charge is 2.26. The van der Waals surface area contributed by atoms with E-state index < -0.39 is 60.8 Å². The zero-order valence-corrected chi connectivity index (χ0v) is 21.1. The van der Waals surface area contributed by atoms with Crippen molar-refractivity contribution in [3.63, 3.8) is 0 Å². The lowest BCUT2D eigenvalue weighted by atomic mass is 10.0. The number of fused-ring (bicyclic) bond motifs is 1. The largest absolute Gasteiger partial charge is 0.481 e. The summed E-state index contributed by atoms with van der Waals surface area (Å²) in [5, 5.41) is 26.2. The zero-order chi connectivity index (χ0) is 28.4. The third-order valence-electron chi connectivity index (χ3n) is 6.07. The van der Waals surface area contributed by atoms with Crippen molar-refractivity contribution in [2.75, 3.05) is 6.54 Å². The fraction of sp³-hybridized carbons (Fsp3) is 0.296. The second kappa shape index (κ2) is 13.7. The van der Waals surface area contributed by atoms with Crippen LogP contribution < -0.4 is 21.7 Å². The van der Waals surface area contributed by atoms with Crippen LogP contribution in [0.15, 0.2) is 60.8 Å². The van der Waals surface area contributed by atoms with Gasteiger partial charge in [0.05, 0.1) is 12.6 Å². The fourth-order valence-electron chi connectivity index (χ4n) is 4.03. The molecule has 3 unspecified atom stereocenters. The molecular weight excluding hydrogens is 506 g/mol. The minimum absolute atomic E-state index is 0.121. The molecule has 206 valence electrons. The molecule has 0 aliphatic carbocycles. The predicted molar refractivity (Wildman–Crippen MR) is 142 cm³/mol. The second-order valence-corrected chi connectivity index (χ2v) is 9.03. The second-order valence-electron chi connectivity index (χ2n) is 9.03. The van der Waals surface area contributed by atoms with E-state index in [1.807, 2.05) is 30.3 Å². The van der Waals surface area contributed by atoms with Crippen LogP contribution in [0.1, 0.15) is 24.0 Å². The molecule has 1 aromatic heterocycles. The van der Waals surface area contributed by atoms with E-state index in [2.05, 4.69) is 20.9 Å². The lowest BCUT2D eigenvalue weighted by Crippen LogP contribution is -2.54. The topological polar surface area (TPSA) is 204 Å². The van der Waals surface area contributed by atoms with Gasteiger partial charge in [0.2, 0.25) is 17.7 Å². The molecule has 0 fully saturated rings. The first-order valence-electron chi connectivity index (χ1n) is 12.3. The summed E-state index contributed by atoms with van der Waals surface area (Å²) in [6.07, 6.45) is 1.37. The minimum atomic E-state index is -1.42. The van der Waals surface area contributed by atoms with E-state index in [0.29, 0.717) is 0 Å². The molecule has 3 atom stereocenters. The number of aromatic nitrogens is 1. The molecule has 3 aromatic rings. The number of para-hydroxylation sites is 1. The van der Waals surface area contributed by atoms with Crippen LogP contribution in [-0.2, 0) is 36.8 Å². The standard InChI is InChI=1S/C27H31N5O7/c28-19(13-17-14-29-20-9-5-4-8-18(17)20)25(36)32-22(12-16-6-2-1-3-7-16)26(37)30-15-23(33)31-21(27(38)39)10-11-24(34)35/h1-9,14,19,21-22,29H,10-13,15,28H2,(H,30,37)(H,31,33)(H,32,36)(H,34,35)(H,38,39). The summed E-state index contributed by atoms with van der Waals surface area (Å²) in [7, 11) is 0. The lowest BCUT2D eigenvalue weighted by Gasteiger charge is -2.21. The summed E-state index contributed by atoms with van der Waals surface area (Å²) in [6, 6.07) is 13.1. The predicted octanol–water partition coefficient (Wildman–Crippen LogP) is 0.316. The first-order chi connectivity index (χ1) is 18.6. The highest BCUT2D eigenvalue weighted by molar-refractivity contribution is 5.93. The number of carboxylic acid groups (broad SMARTS) is 2. The number of benzene rings is 2. The third-order valence-corrected chi connectivity index (χ3v) is 6.07. The molecule has 0 saturated carbocycles. The van der Waals surface area contributed by atoms with Crippen molar-refractivity contribution in [3.05, 3.63) is 71.9 Å². The van der Waals surface area contributed by atoms with Crippen molar-refractivity contribution in [3.8, 4) is 0 Å². The number of hydrogen-bond acceptors (Lipinski definition) is 6. The Morgan fingerprint density at radius 1 is 0.846 bits per heavy atom. The number of aliphatic carboxylic acids is 2. The van der Waals surface area contributed by atoms with Gasteiger partial charge in [-0.05, 0) is 30.0 Å². The molecule has 8 N–H and O–H groups in total. The van der Waals surface area contributed by atoms with E-state index in [9.17, 15) is 29.1 Å². The van der Waals surface area contributed by atoms with Crippen LogP contribution in [0.25, 0.3) is 10.9 Å². The van der Waals surface area contributed by atoms with E-state index in [-0.39, 0.29) is 19.3 Å². The number of carboxylic acids is 2. The van der Waals surface area contributed by atoms with Crippen LogP contribution in [0, 0.1) is 0 Å². The average molecular weight is 538 g/mol. The summed E-state index contributed by atoms with van der Waals surface area (Å²) in [5.41, 5.74) is 8.70. The molecule has 1 heterocycles. The maximum Gasteiger partial charge on any atom is 0.326 e. The number of nitrogens with two attached hydrogens (primary N) is 1. The molecular formula is C27H31N5O7. The maximum absolute atomic E-state index is 13.0. The zero-order valence-electron chi connectivity index (χ0n) is 21.1. The number of amides is 3. The Kier molecular flexibility index (Phi) is 10.2. The van der Waals surface area contributed by atoms with Crippen molar-refractivity contribution in [1.82, 2.24) is 20.9 Å². The van der Waals surface area contributed by atoms with Crippen molar-refractivity contribution in [2.45, 2.75) is 43.8 Å². The van der Waals surface area contributed by atoms with Gasteiger partial charge in [0.15, 0.2) is 0 Å². The van der Waals surface area contributed by atoms with Gasteiger partial charge in [-0.25, -0.2) is 4.79 Å². The normalized spacial score (nSPS) is 13.2. The molecule has 12 nitrogen and oxygen atoms in total. The van der Waals surface area contributed by atoms with Crippen LogP contribution in [0.3, 0.4) is 0 Å². The van der Waals surface area contributed by atoms with Gasteiger partial charge in [-0.2, -0.15) is 0 Å². The van der Waals surface area contributed by atoms with Gasteiger partial charge in [-0.1, -0.05) is 48.5 Å².